The molecular weight excluding hydrogens is 457 g/mol. The molecule has 2 aromatic heterocycles. The van der Waals surface area contributed by atoms with Crippen molar-refractivity contribution in [2.45, 2.75) is 38.1 Å². The first-order valence-corrected chi connectivity index (χ1v) is 12.1. The molecule has 1 saturated heterocycles. The number of halogens is 2. The van der Waals surface area contributed by atoms with Crippen LogP contribution in [0.1, 0.15) is 29.8 Å². The van der Waals surface area contributed by atoms with Gasteiger partial charge >= 0.3 is 0 Å². The van der Waals surface area contributed by atoms with E-state index in [0.29, 0.717) is 16.5 Å². The summed E-state index contributed by atoms with van der Waals surface area (Å²) in [6.07, 6.45) is 7.57. The van der Waals surface area contributed by atoms with Crippen molar-refractivity contribution < 1.29 is 9.21 Å². The van der Waals surface area contributed by atoms with Crippen LogP contribution in [0.25, 0.3) is 22.1 Å². The van der Waals surface area contributed by atoms with E-state index in [1.54, 1.807) is 12.6 Å². The Kier molecular flexibility index (Phi) is 5.19. The molecule has 1 aliphatic heterocycles. The molecule has 0 spiro atoms. The van der Waals surface area contributed by atoms with E-state index in [2.05, 4.69) is 20.9 Å². The van der Waals surface area contributed by atoms with Crippen LogP contribution in [0.15, 0.2) is 53.4 Å². The Morgan fingerprint density at radius 1 is 1.09 bits per heavy atom. The van der Waals surface area contributed by atoms with E-state index in [1.807, 2.05) is 30.3 Å². The second-order valence-electron chi connectivity index (χ2n) is 9.04. The van der Waals surface area contributed by atoms with Gasteiger partial charge in [0.05, 0.1) is 18.3 Å². The molecule has 2 atom stereocenters. The van der Waals surface area contributed by atoms with Crippen LogP contribution in [0.4, 0.5) is 0 Å². The molecule has 1 amide bonds. The Hall–Kier alpha value is -2.76. The average molecular weight is 480 g/mol. The van der Waals surface area contributed by atoms with Crippen LogP contribution in [0.3, 0.4) is 0 Å². The zero-order valence-corrected chi connectivity index (χ0v) is 19.5. The second kappa shape index (κ2) is 8.23. The van der Waals surface area contributed by atoms with Gasteiger partial charge in [0.25, 0.3) is 0 Å². The van der Waals surface area contributed by atoms with E-state index in [0.717, 1.165) is 71.3 Å². The maximum absolute atomic E-state index is 13.3. The predicted molar refractivity (Wildman–Crippen MR) is 130 cm³/mol. The fraction of sp³-hybridized carbons (Fsp3) is 0.308. The molecule has 4 aromatic rings. The van der Waals surface area contributed by atoms with Crippen molar-refractivity contribution in [2.75, 3.05) is 6.54 Å². The van der Waals surface area contributed by atoms with Crippen LogP contribution in [-0.4, -0.2) is 33.4 Å². The summed E-state index contributed by atoms with van der Waals surface area (Å²) >= 11 is 13.4. The largest absolute Gasteiger partial charge is 0.464 e. The van der Waals surface area contributed by atoms with Gasteiger partial charge in [-0.15, -0.1) is 0 Å². The lowest BCUT2D eigenvalue weighted by atomic mass is 9.94. The second-order valence-corrected chi connectivity index (χ2v) is 9.85. The number of rotatable bonds is 4. The van der Waals surface area contributed by atoms with Crippen molar-refractivity contribution in [3.05, 3.63) is 76.0 Å². The number of furan rings is 1. The fourth-order valence-corrected chi connectivity index (χ4v) is 5.96. The minimum Gasteiger partial charge on any atom is -0.464 e. The van der Waals surface area contributed by atoms with Crippen molar-refractivity contribution in [1.82, 2.24) is 14.9 Å². The van der Waals surface area contributed by atoms with Gasteiger partial charge < -0.3 is 14.3 Å². The maximum atomic E-state index is 13.3. The molecule has 0 bridgehead atoms. The zero-order chi connectivity index (χ0) is 22.5. The number of amides is 1. The van der Waals surface area contributed by atoms with Crippen molar-refractivity contribution in [3.63, 3.8) is 0 Å². The highest BCUT2D eigenvalue weighted by Gasteiger charge is 2.38. The first-order chi connectivity index (χ1) is 16.1. The SMILES string of the molecule is O=C1C(Cc2c(Cl)cc(-c3ccc4occc4c3)cc2Cl)CCN1C1CCc2nc[nH]c2C1. The molecule has 1 fully saturated rings. The van der Waals surface area contributed by atoms with Crippen LogP contribution < -0.4 is 0 Å². The quantitative estimate of drug-likeness (QED) is 0.385. The number of carbonyl (C=O) groups excluding carboxylic acids is 1. The van der Waals surface area contributed by atoms with Crippen LogP contribution in [0, 0.1) is 5.92 Å². The zero-order valence-electron chi connectivity index (χ0n) is 18.0. The highest BCUT2D eigenvalue weighted by molar-refractivity contribution is 6.36. The lowest BCUT2D eigenvalue weighted by Crippen LogP contribution is -2.41. The third-order valence-electron chi connectivity index (χ3n) is 7.13. The summed E-state index contributed by atoms with van der Waals surface area (Å²) in [5.41, 5.74) is 5.98. The van der Waals surface area contributed by atoms with Crippen molar-refractivity contribution in [2.24, 2.45) is 5.92 Å². The number of nitrogens with one attached hydrogen (secondary N) is 1. The molecule has 33 heavy (non-hydrogen) atoms. The fourth-order valence-electron chi connectivity index (χ4n) is 5.32. The molecule has 6 rings (SSSR count). The number of carbonyl (C=O) groups is 1. The van der Waals surface area contributed by atoms with Crippen molar-refractivity contribution in [1.29, 1.82) is 0 Å². The molecular formula is C26H23Cl2N3O2. The molecule has 2 aliphatic rings. The maximum Gasteiger partial charge on any atom is 0.226 e. The lowest BCUT2D eigenvalue weighted by Gasteiger charge is -2.31. The number of hydrogen-bond donors (Lipinski definition) is 1. The normalized spacial score (nSPS) is 20.5. The first-order valence-electron chi connectivity index (χ1n) is 11.3. The van der Waals surface area contributed by atoms with Gasteiger partial charge in [0, 0.05) is 46.1 Å². The summed E-state index contributed by atoms with van der Waals surface area (Å²) < 4.78 is 5.43. The number of likely N-dealkylation sites (tertiary alicyclic amines) is 1. The number of aromatic nitrogens is 2. The molecule has 1 N–H and O–H groups in total. The standard InChI is InChI=1S/C26H23Cl2N3O2/c27-21-11-18(15-1-4-25-16(9-15)6-8-33-25)12-22(28)20(21)10-17-5-7-31(26(17)32)19-2-3-23-24(13-19)30-14-29-23/h1,4,6,8-9,11-12,14,17,19H,2-3,5,7,10,13H2,(H,29,30). The van der Waals surface area contributed by atoms with Gasteiger partial charge in [0.15, 0.2) is 0 Å². The third kappa shape index (κ3) is 3.73. The van der Waals surface area contributed by atoms with Crippen LogP contribution >= 0.6 is 23.2 Å². The summed E-state index contributed by atoms with van der Waals surface area (Å²) in [7, 11) is 0. The van der Waals surface area contributed by atoms with Gasteiger partial charge in [0.1, 0.15) is 5.58 Å². The number of benzene rings is 2. The number of aryl methyl sites for hydroxylation is 1. The highest BCUT2D eigenvalue weighted by atomic mass is 35.5. The van der Waals surface area contributed by atoms with E-state index >= 15 is 0 Å². The van der Waals surface area contributed by atoms with Gasteiger partial charge in [0.2, 0.25) is 5.91 Å². The van der Waals surface area contributed by atoms with Crippen LogP contribution in [-0.2, 0) is 24.1 Å². The molecule has 3 heterocycles. The van der Waals surface area contributed by atoms with Crippen molar-refractivity contribution in [3.8, 4) is 11.1 Å². The summed E-state index contributed by atoms with van der Waals surface area (Å²) in [5, 5.41) is 2.25. The Morgan fingerprint density at radius 3 is 2.79 bits per heavy atom. The van der Waals surface area contributed by atoms with E-state index < -0.39 is 0 Å². The topological polar surface area (TPSA) is 62.1 Å². The van der Waals surface area contributed by atoms with Gasteiger partial charge in [-0.1, -0.05) is 29.3 Å². The molecule has 5 nitrogen and oxygen atoms in total. The molecule has 0 radical (unpaired) electrons. The third-order valence-corrected chi connectivity index (χ3v) is 7.80. The monoisotopic (exact) mass is 479 g/mol. The van der Waals surface area contributed by atoms with Gasteiger partial charge in [-0.05, 0) is 72.7 Å². The van der Waals surface area contributed by atoms with Gasteiger partial charge in [-0.25, -0.2) is 4.98 Å². The minimum absolute atomic E-state index is 0.0868. The lowest BCUT2D eigenvalue weighted by molar-refractivity contribution is -0.133. The smallest absolute Gasteiger partial charge is 0.226 e. The Bertz CT molecular complexity index is 1340. The van der Waals surface area contributed by atoms with E-state index in [1.165, 1.54) is 0 Å². The average Bonchev–Trinajstić information content (AvgIpc) is 3.55. The molecule has 2 unspecified atom stereocenters. The predicted octanol–water partition coefficient (Wildman–Crippen LogP) is 6.08. The number of imidazole rings is 1. The Morgan fingerprint density at radius 2 is 1.94 bits per heavy atom. The molecule has 168 valence electrons. The van der Waals surface area contributed by atoms with Crippen LogP contribution in [0.5, 0.6) is 0 Å². The Labute approximate surface area is 201 Å². The van der Waals surface area contributed by atoms with Gasteiger partial charge in [-0.2, -0.15) is 0 Å². The summed E-state index contributed by atoms with van der Waals surface area (Å²) in [6, 6.07) is 12.1. The van der Waals surface area contributed by atoms with E-state index in [4.69, 9.17) is 27.6 Å². The molecule has 1 aliphatic carbocycles. The summed E-state index contributed by atoms with van der Waals surface area (Å²) in [6.45, 7) is 0.787. The minimum atomic E-state index is -0.0868. The van der Waals surface area contributed by atoms with Crippen molar-refractivity contribution >= 4 is 40.1 Å². The number of hydrogen-bond acceptors (Lipinski definition) is 3. The number of H-pyrrole nitrogens is 1. The highest BCUT2D eigenvalue weighted by Crippen LogP contribution is 2.37. The number of nitrogens with zero attached hydrogens (tertiary/aromatic N) is 2. The summed E-state index contributed by atoms with van der Waals surface area (Å²) in [4.78, 5) is 22.9. The van der Waals surface area contributed by atoms with Crippen LogP contribution in [0.2, 0.25) is 10.0 Å². The molecule has 0 saturated carbocycles. The molecule has 2 aromatic carbocycles. The Balaban J connectivity index is 1.20. The summed E-state index contributed by atoms with van der Waals surface area (Å²) in [5.74, 6) is 0.126. The number of fused-ring (bicyclic) bond motifs is 2. The van der Waals surface area contributed by atoms with E-state index in [9.17, 15) is 4.79 Å². The number of aromatic amines is 1. The van der Waals surface area contributed by atoms with E-state index in [-0.39, 0.29) is 17.9 Å². The van der Waals surface area contributed by atoms with Gasteiger partial charge in [-0.3, -0.25) is 4.79 Å². The molecule has 7 heteroatoms. The first kappa shape index (κ1) is 20.8.